The lowest BCUT2D eigenvalue weighted by Crippen LogP contribution is -2.55. The van der Waals surface area contributed by atoms with E-state index >= 15 is 0 Å². The minimum atomic E-state index is -0.901. The van der Waals surface area contributed by atoms with Crippen molar-refractivity contribution in [3.8, 4) is 11.5 Å². The van der Waals surface area contributed by atoms with Crippen LogP contribution >= 0.6 is 0 Å². The number of nitrogens with one attached hydrogen (secondary N) is 1. The molecule has 0 unspecified atom stereocenters. The minimum absolute atomic E-state index is 0.00193. The van der Waals surface area contributed by atoms with Crippen molar-refractivity contribution in [1.82, 2.24) is 10.2 Å². The highest BCUT2D eigenvalue weighted by Crippen LogP contribution is 2.27. The molecule has 0 bridgehead atoms. The number of halogens is 2. The highest BCUT2D eigenvalue weighted by atomic mass is 19.1. The zero-order valence-electron chi connectivity index (χ0n) is 16.6. The average molecular weight is 420 g/mol. The Kier molecular flexibility index (Phi) is 6.83. The van der Waals surface area contributed by atoms with E-state index in [0.717, 1.165) is 12.1 Å². The standard InChI is InChI=1S/C21H22F2N2O5/c1-28-16-6-4-14(19(8-16)29-2)10-25-18(11-30-12-20(25)26)21(27)24-9-13-3-5-15(22)7-17(13)23/h3-8,18H,9-12H2,1-2H3,(H,24,27)/t18-/m0/s1. The summed E-state index contributed by atoms with van der Waals surface area (Å²) in [5, 5.41) is 2.59. The SMILES string of the molecule is COc1ccc(CN2C(=O)COC[C@H]2C(=O)NCc2ccc(F)cc2F)c(OC)c1. The predicted octanol–water partition coefficient (Wildman–Crippen LogP) is 2.03. The minimum Gasteiger partial charge on any atom is -0.497 e. The maximum absolute atomic E-state index is 13.8. The third kappa shape index (κ3) is 4.85. The van der Waals surface area contributed by atoms with Crippen LogP contribution in [0.5, 0.6) is 11.5 Å². The van der Waals surface area contributed by atoms with Crippen LogP contribution in [0.25, 0.3) is 0 Å². The number of amides is 2. The van der Waals surface area contributed by atoms with Gasteiger partial charge in [0.1, 0.15) is 35.8 Å². The van der Waals surface area contributed by atoms with E-state index in [4.69, 9.17) is 14.2 Å². The summed E-state index contributed by atoms with van der Waals surface area (Å²) in [5.74, 6) is -1.20. The molecule has 1 aliphatic heterocycles. The summed E-state index contributed by atoms with van der Waals surface area (Å²) in [5.41, 5.74) is 0.826. The van der Waals surface area contributed by atoms with Gasteiger partial charge in [0.2, 0.25) is 11.8 Å². The van der Waals surface area contributed by atoms with E-state index < -0.39 is 23.6 Å². The number of carbonyl (C=O) groups is 2. The van der Waals surface area contributed by atoms with E-state index in [9.17, 15) is 18.4 Å². The molecule has 3 rings (SSSR count). The number of morpholine rings is 1. The summed E-state index contributed by atoms with van der Waals surface area (Å²) in [6.45, 7) is -0.162. The molecule has 0 saturated carbocycles. The summed E-state index contributed by atoms with van der Waals surface area (Å²) >= 11 is 0. The van der Waals surface area contributed by atoms with Crippen LogP contribution in [0, 0.1) is 11.6 Å². The molecule has 9 heteroatoms. The molecular weight excluding hydrogens is 398 g/mol. The summed E-state index contributed by atoms with van der Waals surface area (Å²) in [6.07, 6.45) is 0. The van der Waals surface area contributed by atoms with Crippen LogP contribution in [-0.2, 0) is 27.4 Å². The Morgan fingerprint density at radius 1 is 1.17 bits per heavy atom. The topological polar surface area (TPSA) is 77.1 Å². The normalized spacial score (nSPS) is 16.3. The second-order valence-corrected chi connectivity index (χ2v) is 6.68. The van der Waals surface area contributed by atoms with Crippen LogP contribution in [-0.4, -0.2) is 50.2 Å². The molecule has 1 heterocycles. The fourth-order valence-electron chi connectivity index (χ4n) is 3.15. The van der Waals surface area contributed by atoms with Crippen molar-refractivity contribution in [1.29, 1.82) is 0 Å². The van der Waals surface area contributed by atoms with Crippen LogP contribution in [0.1, 0.15) is 11.1 Å². The van der Waals surface area contributed by atoms with Crippen LogP contribution < -0.4 is 14.8 Å². The average Bonchev–Trinajstić information content (AvgIpc) is 2.74. The predicted molar refractivity (Wildman–Crippen MR) is 103 cm³/mol. The molecule has 1 fully saturated rings. The van der Waals surface area contributed by atoms with E-state index in [1.165, 1.54) is 25.2 Å². The number of carbonyl (C=O) groups excluding carboxylic acids is 2. The molecule has 1 N–H and O–H groups in total. The maximum Gasteiger partial charge on any atom is 0.249 e. The van der Waals surface area contributed by atoms with Gasteiger partial charge in [-0.2, -0.15) is 0 Å². The number of benzene rings is 2. The number of hydrogen-bond acceptors (Lipinski definition) is 5. The quantitative estimate of drug-likeness (QED) is 0.742. The molecule has 0 aliphatic carbocycles. The van der Waals surface area contributed by atoms with Gasteiger partial charge >= 0.3 is 0 Å². The summed E-state index contributed by atoms with van der Waals surface area (Å²) < 4.78 is 42.6. The van der Waals surface area contributed by atoms with Crippen molar-refractivity contribution in [2.24, 2.45) is 0 Å². The molecule has 7 nitrogen and oxygen atoms in total. The Balaban J connectivity index is 1.74. The maximum atomic E-state index is 13.8. The third-order valence-corrected chi connectivity index (χ3v) is 4.80. The number of ether oxygens (including phenoxy) is 3. The smallest absolute Gasteiger partial charge is 0.249 e. The van der Waals surface area contributed by atoms with Crippen molar-refractivity contribution < 1.29 is 32.6 Å². The first-order valence-corrected chi connectivity index (χ1v) is 9.22. The Bertz CT molecular complexity index is 938. The second kappa shape index (κ2) is 9.53. The molecule has 30 heavy (non-hydrogen) atoms. The van der Waals surface area contributed by atoms with Gasteiger partial charge in [-0.25, -0.2) is 8.78 Å². The van der Waals surface area contributed by atoms with E-state index in [0.29, 0.717) is 17.1 Å². The molecule has 1 saturated heterocycles. The monoisotopic (exact) mass is 420 g/mol. The van der Waals surface area contributed by atoms with Crippen LogP contribution in [0.3, 0.4) is 0 Å². The lowest BCUT2D eigenvalue weighted by Gasteiger charge is -2.34. The molecule has 0 radical (unpaired) electrons. The molecule has 2 aromatic carbocycles. The first-order chi connectivity index (χ1) is 14.4. The molecule has 2 amide bonds. The van der Waals surface area contributed by atoms with Crippen molar-refractivity contribution >= 4 is 11.8 Å². The van der Waals surface area contributed by atoms with Crippen LogP contribution in [0.15, 0.2) is 36.4 Å². The fourth-order valence-corrected chi connectivity index (χ4v) is 3.15. The Morgan fingerprint density at radius 2 is 1.93 bits per heavy atom. The fraction of sp³-hybridized carbons (Fsp3) is 0.333. The number of nitrogens with zero attached hydrogens (tertiary/aromatic N) is 1. The molecule has 0 spiro atoms. The second-order valence-electron chi connectivity index (χ2n) is 6.68. The zero-order valence-corrected chi connectivity index (χ0v) is 16.6. The van der Waals surface area contributed by atoms with Crippen LogP contribution in [0.4, 0.5) is 8.78 Å². The van der Waals surface area contributed by atoms with Gasteiger partial charge in [-0.15, -0.1) is 0 Å². The number of methoxy groups -OCH3 is 2. The Labute approximate surface area is 172 Å². The molecule has 0 aromatic heterocycles. The largest absolute Gasteiger partial charge is 0.497 e. The third-order valence-electron chi connectivity index (χ3n) is 4.80. The number of hydrogen-bond donors (Lipinski definition) is 1. The Morgan fingerprint density at radius 3 is 2.63 bits per heavy atom. The lowest BCUT2D eigenvalue weighted by atomic mass is 10.1. The zero-order chi connectivity index (χ0) is 21.7. The lowest BCUT2D eigenvalue weighted by molar-refractivity contribution is -0.155. The van der Waals surface area contributed by atoms with Gasteiger partial charge in [0, 0.05) is 29.8 Å². The first kappa shape index (κ1) is 21.5. The van der Waals surface area contributed by atoms with Gasteiger partial charge in [0.15, 0.2) is 0 Å². The Hall–Kier alpha value is -3.20. The van der Waals surface area contributed by atoms with E-state index in [1.54, 1.807) is 18.2 Å². The summed E-state index contributed by atoms with van der Waals surface area (Å²) in [4.78, 5) is 26.6. The van der Waals surface area contributed by atoms with Gasteiger partial charge in [-0.05, 0) is 18.2 Å². The van der Waals surface area contributed by atoms with E-state index in [2.05, 4.69) is 5.32 Å². The van der Waals surface area contributed by atoms with Crippen molar-refractivity contribution in [3.63, 3.8) is 0 Å². The number of rotatable bonds is 7. The van der Waals surface area contributed by atoms with Crippen molar-refractivity contribution in [3.05, 3.63) is 59.2 Å². The van der Waals surface area contributed by atoms with E-state index in [-0.39, 0.29) is 37.8 Å². The highest BCUT2D eigenvalue weighted by molar-refractivity contribution is 5.89. The molecule has 1 aliphatic rings. The van der Waals surface area contributed by atoms with Gasteiger partial charge in [-0.3, -0.25) is 9.59 Å². The van der Waals surface area contributed by atoms with Gasteiger partial charge in [0.25, 0.3) is 0 Å². The summed E-state index contributed by atoms with van der Waals surface area (Å²) in [6, 6.07) is 7.39. The van der Waals surface area contributed by atoms with Gasteiger partial charge in [-0.1, -0.05) is 6.07 Å². The summed E-state index contributed by atoms with van der Waals surface area (Å²) in [7, 11) is 3.03. The van der Waals surface area contributed by atoms with Crippen molar-refractivity contribution in [2.45, 2.75) is 19.1 Å². The molecule has 1 atom stereocenters. The highest BCUT2D eigenvalue weighted by Gasteiger charge is 2.34. The molecule has 2 aromatic rings. The molecule has 160 valence electrons. The van der Waals surface area contributed by atoms with Gasteiger partial charge in [0.05, 0.1) is 27.4 Å². The van der Waals surface area contributed by atoms with E-state index in [1.807, 2.05) is 0 Å². The first-order valence-electron chi connectivity index (χ1n) is 9.22. The van der Waals surface area contributed by atoms with Gasteiger partial charge < -0.3 is 24.4 Å². The molecular formula is C21H22F2N2O5. The van der Waals surface area contributed by atoms with Crippen molar-refractivity contribution in [2.75, 3.05) is 27.4 Å². The van der Waals surface area contributed by atoms with Crippen LogP contribution in [0.2, 0.25) is 0 Å².